The van der Waals surface area contributed by atoms with Gasteiger partial charge in [0.15, 0.2) is 12.3 Å². The first-order valence-electron chi connectivity index (χ1n) is 11.1. The van der Waals surface area contributed by atoms with E-state index in [-0.39, 0.29) is 18.2 Å². The largest absolute Gasteiger partial charge is 0.487 e. The van der Waals surface area contributed by atoms with Crippen molar-refractivity contribution in [1.29, 1.82) is 0 Å². The van der Waals surface area contributed by atoms with E-state index in [0.29, 0.717) is 34.3 Å². The quantitative estimate of drug-likeness (QED) is 0.277. The molecule has 0 saturated carbocycles. The van der Waals surface area contributed by atoms with Gasteiger partial charge in [-0.2, -0.15) is 0 Å². The van der Waals surface area contributed by atoms with Crippen LogP contribution in [0.4, 0.5) is 5.69 Å². The van der Waals surface area contributed by atoms with Gasteiger partial charge in [-0.25, -0.2) is 4.79 Å². The third-order valence-corrected chi connectivity index (χ3v) is 6.15. The average molecular weight is 498 g/mol. The number of carbonyl (C=O) groups is 3. The van der Waals surface area contributed by atoms with Crippen LogP contribution in [0.5, 0.6) is 5.75 Å². The van der Waals surface area contributed by atoms with Gasteiger partial charge >= 0.3 is 5.97 Å². The topological polar surface area (TPSA) is 97.0 Å². The van der Waals surface area contributed by atoms with Gasteiger partial charge in [0.2, 0.25) is 5.78 Å². The van der Waals surface area contributed by atoms with Crippen molar-refractivity contribution in [3.8, 4) is 5.75 Å². The molecule has 0 aliphatic heterocycles. The maximum absolute atomic E-state index is 12.8. The summed E-state index contributed by atoms with van der Waals surface area (Å²) >= 11 is 6.48. The fourth-order valence-electron chi connectivity index (χ4n) is 3.90. The van der Waals surface area contributed by atoms with Crippen molar-refractivity contribution >= 4 is 35.3 Å². The highest BCUT2D eigenvalue weighted by molar-refractivity contribution is 6.32. The van der Waals surface area contributed by atoms with Crippen LogP contribution in [0.2, 0.25) is 5.02 Å². The van der Waals surface area contributed by atoms with Crippen molar-refractivity contribution in [2.75, 3.05) is 4.90 Å². The number of aryl methyl sites for hydroxylation is 3. The summed E-state index contributed by atoms with van der Waals surface area (Å²) in [5.74, 6) is -0.227. The number of anilines is 1. The Morgan fingerprint density at radius 3 is 2.34 bits per heavy atom. The number of ether oxygens (including phenoxy) is 1. The number of aromatic carboxylic acids is 1. The number of carboxylic acid groups (broad SMARTS) is 1. The first-order valence-corrected chi connectivity index (χ1v) is 11.5. The number of rotatable bonds is 10. The minimum absolute atomic E-state index is 0.165. The number of Topliss-reactive ketones (excluding diaryl/α,β-unsaturated/α-hetero) is 1. The van der Waals surface area contributed by atoms with E-state index in [1.165, 1.54) is 6.07 Å². The molecule has 1 heterocycles. The van der Waals surface area contributed by atoms with Crippen molar-refractivity contribution < 1.29 is 28.6 Å². The number of halogens is 1. The number of benzene rings is 2. The molecule has 0 aliphatic rings. The van der Waals surface area contributed by atoms with Crippen molar-refractivity contribution in [3.63, 3.8) is 0 Å². The lowest BCUT2D eigenvalue weighted by atomic mass is 10.0. The zero-order chi connectivity index (χ0) is 25.9. The fraction of sp³-hybridized carbons (Fsp3) is 0.296. The molecule has 7 nitrogen and oxygen atoms in total. The first-order chi connectivity index (χ1) is 16.5. The molecule has 3 aromatic rings. The molecular formula is C27H28ClNO6. The van der Waals surface area contributed by atoms with Gasteiger partial charge in [-0.3, -0.25) is 9.59 Å². The van der Waals surface area contributed by atoms with Crippen LogP contribution in [0.15, 0.2) is 46.9 Å². The molecule has 2 aromatic carbocycles. The van der Waals surface area contributed by atoms with E-state index in [4.69, 9.17) is 20.8 Å². The Hall–Kier alpha value is -3.58. The number of hydrogen-bond acceptors (Lipinski definition) is 6. The van der Waals surface area contributed by atoms with Crippen LogP contribution < -0.4 is 9.64 Å². The summed E-state index contributed by atoms with van der Waals surface area (Å²) in [6, 6.07) is 10.5. The molecule has 8 heteroatoms. The smallest absolute Gasteiger partial charge is 0.335 e. The molecule has 184 valence electrons. The van der Waals surface area contributed by atoms with Crippen LogP contribution in [0, 0.1) is 20.8 Å². The average Bonchev–Trinajstić information content (AvgIpc) is 3.23. The molecule has 1 atom stereocenters. The molecule has 1 unspecified atom stereocenters. The summed E-state index contributed by atoms with van der Waals surface area (Å²) in [7, 11) is 0. The van der Waals surface area contributed by atoms with Crippen LogP contribution in [-0.2, 0) is 16.2 Å². The summed E-state index contributed by atoms with van der Waals surface area (Å²) in [6.45, 7) is 9.38. The Morgan fingerprint density at radius 2 is 1.80 bits per heavy atom. The molecule has 0 aliphatic carbocycles. The summed E-state index contributed by atoms with van der Waals surface area (Å²) in [6.07, 6.45) is 0.293. The van der Waals surface area contributed by atoms with Crippen LogP contribution in [-0.4, -0.2) is 29.2 Å². The Kier molecular flexibility index (Phi) is 8.02. The molecule has 1 aromatic heterocycles. The third kappa shape index (κ3) is 5.74. The molecule has 35 heavy (non-hydrogen) atoms. The molecule has 3 rings (SSSR count). The first kappa shape index (κ1) is 26.0. The highest BCUT2D eigenvalue weighted by Crippen LogP contribution is 2.40. The maximum Gasteiger partial charge on any atom is 0.335 e. The summed E-state index contributed by atoms with van der Waals surface area (Å²) < 4.78 is 11.9. The molecular weight excluding hydrogens is 470 g/mol. The SMILES string of the molecule is Cc1ccc(C(C(=O)C=O)N(c2cc(Cl)c(C)cc2OCc2ccc(C(=O)O)cc2C)C(C)C)o1. The van der Waals surface area contributed by atoms with Gasteiger partial charge in [-0.05, 0) is 87.7 Å². The second-order valence-electron chi connectivity index (χ2n) is 8.68. The molecule has 0 fully saturated rings. The van der Waals surface area contributed by atoms with Crippen LogP contribution in [0.25, 0.3) is 0 Å². The Bertz CT molecular complexity index is 1260. The van der Waals surface area contributed by atoms with Gasteiger partial charge in [0.1, 0.15) is 23.9 Å². The number of furan rings is 1. The van der Waals surface area contributed by atoms with E-state index in [1.807, 2.05) is 27.7 Å². The van der Waals surface area contributed by atoms with Crippen molar-refractivity contribution in [3.05, 3.63) is 81.3 Å². The minimum atomic E-state index is -1.00. The van der Waals surface area contributed by atoms with Gasteiger partial charge in [0, 0.05) is 11.1 Å². The summed E-state index contributed by atoms with van der Waals surface area (Å²) in [5, 5.41) is 9.70. The normalized spacial score (nSPS) is 11.9. The van der Waals surface area contributed by atoms with Crippen LogP contribution >= 0.6 is 11.6 Å². The third-order valence-electron chi connectivity index (χ3n) is 5.74. The fourth-order valence-corrected chi connectivity index (χ4v) is 4.06. The van der Waals surface area contributed by atoms with Gasteiger partial charge < -0.3 is 19.2 Å². The lowest BCUT2D eigenvalue weighted by molar-refractivity contribution is -0.131. The number of carbonyl (C=O) groups excluding carboxylic acids is 2. The van der Waals surface area contributed by atoms with Crippen molar-refractivity contribution in [2.24, 2.45) is 0 Å². The monoisotopic (exact) mass is 497 g/mol. The lowest BCUT2D eigenvalue weighted by Gasteiger charge is -2.35. The highest BCUT2D eigenvalue weighted by atomic mass is 35.5. The Labute approximate surface area is 209 Å². The van der Waals surface area contributed by atoms with Crippen LogP contribution in [0.1, 0.15) is 58.5 Å². The summed E-state index contributed by atoms with van der Waals surface area (Å²) in [4.78, 5) is 37.4. The molecule has 0 saturated heterocycles. The second-order valence-corrected chi connectivity index (χ2v) is 9.08. The number of nitrogens with zero attached hydrogens (tertiary/aromatic N) is 1. The van der Waals surface area contributed by atoms with Crippen molar-refractivity contribution in [1.82, 2.24) is 0 Å². The van der Waals surface area contributed by atoms with Gasteiger partial charge in [-0.15, -0.1) is 0 Å². The molecule has 0 bridgehead atoms. The number of hydrogen-bond donors (Lipinski definition) is 1. The van der Waals surface area contributed by atoms with Crippen LogP contribution in [0.3, 0.4) is 0 Å². The standard InChI is InChI=1S/C27H28ClNO6/c1-15(2)29(26(23(31)13-30)24-9-6-18(5)35-24)22-12-21(28)17(4)11-25(22)34-14-20-8-7-19(27(32)33)10-16(20)3/h6-13,15,26H,14H2,1-5H3,(H,32,33). The molecule has 0 radical (unpaired) electrons. The number of aldehydes is 1. The zero-order valence-electron chi connectivity index (χ0n) is 20.3. The Balaban J connectivity index is 2.07. The predicted molar refractivity (Wildman–Crippen MR) is 134 cm³/mol. The minimum Gasteiger partial charge on any atom is -0.487 e. The number of ketones is 1. The lowest BCUT2D eigenvalue weighted by Crippen LogP contribution is -2.40. The molecule has 0 amide bonds. The highest BCUT2D eigenvalue weighted by Gasteiger charge is 2.34. The predicted octanol–water partition coefficient (Wildman–Crippen LogP) is 5.86. The summed E-state index contributed by atoms with van der Waals surface area (Å²) in [5.41, 5.74) is 3.10. The maximum atomic E-state index is 12.8. The van der Waals surface area contributed by atoms with E-state index in [1.54, 1.807) is 48.2 Å². The van der Waals surface area contributed by atoms with Gasteiger partial charge in [0.25, 0.3) is 0 Å². The van der Waals surface area contributed by atoms with E-state index < -0.39 is 17.8 Å². The zero-order valence-corrected chi connectivity index (χ0v) is 21.1. The van der Waals surface area contributed by atoms with E-state index in [2.05, 4.69) is 0 Å². The second kappa shape index (κ2) is 10.8. The van der Waals surface area contributed by atoms with E-state index >= 15 is 0 Å². The van der Waals surface area contributed by atoms with Crippen molar-refractivity contribution in [2.45, 2.75) is 53.3 Å². The molecule has 1 N–H and O–H groups in total. The number of carboxylic acids is 1. The van der Waals surface area contributed by atoms with Gasteiger partial charge in [-0.1, -0.05) is 17.7 Å². The van der Waals surface area contributed by atoms with E-state index in [0.717, 1.165) is 16.7 Å². The molecule has 0 spiro atoms. The van der Waals surface area contributed by atoms with E-state index in [9.17, 15) is 19.5 Å². The Morgan fingerprint density at radius 1 is 1.09 bits per heavy atom. The van der Waals surface area contributed by atoms with Gasteiger partial charge in [0.05, 0.1) is 11.3 Å².